The van der Waals surface area contributed by atoms with Gasteiger partial charge in [-0.2, -0.15) is 0 Å². The maximum atomic E-state index is 12.0. The van der Waals surface area contributed by atoms with Crippen molar-refractivity contribution in [3.05, 3.63) is 58.6 Å². The second-order valence-electron chi connectivity index (χ2n) is 5.96. The summed E-state index contributed by atoms with van der Waals surface area (Å²) in [6.07, 6.45) is 0. The maximum absolute atomic E-state index is 12.0. The highest BCUT2D eigenvalue weighted by atomic mass is 16.6. The minimum Gasteiger partial charge on any atom is -0.493 e. The van der Waals surface area contributed by atoms with Crippen LogP contribution in [0.25, 0.3) is 10.9 Å². The zero-order valence-corrected chi connectivity index (χ0v) is 15.7. The number of rotatable bonds is 7. The molecule has 30 heavy (non-hydrogen) atoms. The van der Waals surface area contributed by atoms with Crippen LogP contribution in [0.4, 0.5) is 11.4 Å². The van der Waals surface area contributed by atoms with E-state index in [2.05, 4.69) is 15.0 Å². The van der Waals surface area contributed by atoms with Gasteiger partial charge < -0.3 is 14.6 Å². The van der Waals surface area contributed by atoms with Gasteiger partial charge >= 0.3 is 17.6 Å². The third-order valence-corrected chi connectivity index (χ3v) is 4.11. The van der Waals surface area contributed by atoms with E-state index in [-0.39, 0.29) is 29.5 Å². The molecule has 0 aliphatic rings. The molecule has 0 fully saturated rings. The van der Waals surface area contributed by atoms with Gasteiger partial charge in [0.2, 0.25) is 5.88 Å². The largest absolute Gasteiger partial charge is 0.493 e. The fourth-order valence-electron chi connectivity index (χ4n) is 2.73. The summed E-state index contributed by atoms with van der Waals surface area (Å²) in [5, 5.41) is 29.2. The van der Waals surface area contributed by atoms with Crippen molar-refractivity contribution in [2.24, 2.45) is 10.2 Å². The molecule has 11 heteroatoms. The van der Waals surface area contributed by atoms with E-state index in [1.54, 1.807) is 24.3 Å². The number of methoxy groups -OCH3 is 1. The summed E-state index contributed by atoms with van der Waals surface area (Å²) >= 11 is 0. The summed E-state index contributed by atoms with van der Waals surface area (Å²) in [5.74, 6) is -1.85. The van der Waals surface area contributed by atoms with Crippen LogP contribution >= 0.6 is 0 Å². The zero-order valence-electron chi connectivity index (χ0n) is 15.7. The Balaban J connectivity index is 1.81. The SMILES string of the molecule is COC(=O)Cn1c(O)c(N=NC(=O)COc2ccccc2[N+](=O)[O-])c2ccccc21. The molecule has 1 N–H and O–H groups in total. The molecule has 0 saturated heterocycles. The molecule has 0 unspecified atom stereocenters. The predicted octanol–water partition coefficient (Wildman–Crippen LogP) is 3.12. The molecule has 1 amide bonds. The number of amides is 1. The van der Waals surface area contributed by atoms with E-state index in [1.165, 1.54) is 35.9 Å². The summed E-state index contributed by atoms with van der Waals surface area (Å²) < 4.78 is 11.1. The van der Waals surface area contributed by atoms with Gasteiger partial charge in [0.05, 0.1) is 17.5 Å². The second-order valence-corrected chi connectivity index (χ2v) is 5.96. The van der Waals surface area contributed by atoms with E-state index in [9.17, 15) is 24.8 Å². The number of aromatic nitrogens is 1. The lowest BCUT2D eigenvalue weighted by Gasteiger charge is -2.04. The molecule has 11 nitrogen and oxygen atoms in total. The lowest BCUT2D eigenvalue weighted by atomic mass is 10.2. The number of nitro groups is 1. The number of nitrogens with zero attached hydrogens (tertiary/aromatic N) is 4. The Kier molecular flexibility index (Phi) is 6.01. The number of benzene rings is 2. The molecule has 1 aromatic heterocycles. The van der Waals surface area contributed by atoms with Gasteiger partial charge in [-0.05, 0) is 12.1 Å². The topological polar surface area (TPSA) is 146 Å². The van der Waals surface area contributed by atoms with Crippen molar-refractivity contribution in [3.63, 3.8) is 0 Å². The van der Waals surface area contributed by atoms with Gasteiger partial charge in [-0.25, -0.2) is 0 Å². The molecule has 0 aliphatic heterocycles. The van der Waals surface area contributed by atoms with E-state index >= 15 is 0 Å². The molecule has 0 atom stereocenters. The number of carbonyl (C=O) groups excluding carboxylic acids is 2. The smallest absolute Gasteiger partial charge is 0.325 e. The third-order valence-electron chi connectivity index (χ3n) is 4.11. The van der Waals surface area contributed by atoms with E-state index < -0.39 is 23.4 Å². The highest BCUT2D eigenvalue weighted by Crippen LogP contribution is 2.38. The minimum atomic E-state index is -0.822. The predicted molar refractivity (Wildman–Crippen MR) is 104 cm³/mol. The summed E-state index contributed by atoms with van der Waals surface area (Å²) in [6.45, 7) is -0.844. The average Bonchev–Trinajstić information content (AvgIpc) is 3.01. The highest BCUT2D eigenvalue weighted by Gasteiger charge is 2.19. The molecule has 3 aromatic rings. The number of ether oxygens (including phenoxy) is 2. The fraction of sp³-hybridized carbons (Fsp3) is 0.158. The summed E-state index contributed by atoms with van der Waals surface area (Å²) in [4.78, 5) is 34.0. The molecule has 1 heterocycles. The van der Waals surface area contributed by atoms with Crippen molar-refractivity contribution < 1.29 is 29.1 Å². The first-order chi connectivity index (χ1) is 14.4. The van der Waals surface area contributed by atoms with Crippen LogP contribution in [0.3, 0.4) is 0 Å². The summed E-state index contributed by atoms with van der Waals surface area (Å²) in [7, 11) is 1.22. The molecule has 0 radical (unpaired) electrons. The van der Waals surface area contributed by atoms with Crippen molar-refractivity contribution in [2.75, 3.05) is 13.7 Å². The van der Waals surface area contributed by atoms with Crippen LogP contribution in [-0.2, 0) is 20.9 Å². The van der Waals surface area contributed by atoms with Crippen LogP contribution in [-0.4, -0.2) is 40.2 Å². The van der Waals surface area contributed by atoms with Crippen LogP contribution in [0.1, 0.15) is 0 Å². The molecular formula is C19H16N4O7. The molecule has 0 spiro atoms. The van der Waals surface area contributed by atoms with Crippen molar-refractivity contribution in [1.82, 2.24) is 4.57 Å². The van der Waals surface area contributed by atoms with E-state index in [0.29, 0.717) is 10.9 Å². The molecule has 0 aliphatic carbocycles. The van der Waals surface area contributed by atoms with Crippen LogP contribution in [0.15, 0.2) is 58.8 Å². The number of aromatic hydroxyl groups is 1. The van der Waals surface area contributed by atoms with Gasteiger partial charge in [0.1, 0.15) is 6.54 Å². The quantitative estimate of drug-likeness (QED) is 0.271. The first kappa shape index (κ1) is 20.5. The number of fused-ring (bicyclic) bond motifs is 1. The number of nitro benzene ring substituents is 1. The van der Waals surface area contributed by atoms with Crippen molar-refractivity contribution in [3.8, 4) is 11.6 Å². The van der Waals surface area contributed by atoms with E-state index in [4.69, 9.17) is 4.74 Å². The number of hydrogen-bond donors (Lipinski definition) is 1. The number of azo groups is 1. The molecular weight excluding hydrogens is 396 g/mol. The van der Waals surface area contributed by atoms with Crippen molar-refractivity contribution in [1.29, 1.82) is 0 Å². The van der Waals surface area contributed by atoms with Gasteiger partial charge in [0.25, 0.3) is 0 Å². The maximum Gasteiger partial charge on any atom is 0.325 e. The standard InChI is InChI=1S/C19H16N4O7/c1-29-17(25)10-22-13-7-3-2-6-12(13)18(19(22)26)21-20-16(24)11-30-15-9-5-4-8-14(15)23(27)28/h2-9,26H,10-11H2,1H3. The van der Waals surface area contributed by atoms with Gasteiger partial charge in [0, 0.05) is 11.5 Å². The number of esters is 1. The van der Waals surface area contributed by atoms with Crippen LogP contribution in [0.5, 0.6) is 11.6 Å². The molecule has 2 aromatic carbocycles. The lowest BCUT2D eigenvalue weighted by molar-refractivity contribution is -0.385. The van der Waals surface area contributed by atoms with Crippen LogP contribution in [0.2, 0.25) is 0 Å². The second kappa shape index (κ2) is 8.82. The van der Waals surface area contributed by atoms with Gasteiger partial charge in [-0.15, -0.1) is 10.2 Å². The molecule has 0 saturated carbocycles. The Bertz CT molecular complexity index is 1150. The van der Waals surface area contributed by atoms with E-state index in [1.807, 2.05) is 0 Å². The summed E-state index contributed by atoms with van der Waals surface area (Å²) in [6, 6.07) is 12.3. The number of hydrogen-bond acceptors (Lipinski definition) is 8. The first-order valence-electron chi connectivity index (χ1n) is 8.60. The Morgan fingerprint density at radius 3 is 2.60 bits per heavy atom. The zero-order chi connectivity index (χ0) is 21.7. The Morgan fingerprint density at radius 1 is 1.17 bits per heavy atom. The fourth-order valence-corrected chi connectivity index (χ4v) is 2.73. The van der Waals surface area contributed by atoms with Crippen LogP contribution < -0.4 is 4.74 Å². The Hall–Kier alpha value is -4.28. The number of para-hydroxylation sites is 3. The number of carbonyl (C=O) groups is 2. The molecule has 3 rings (SSSR count). The Morgan fingerprint density at radius 2 is 1.87 bits per heavy atom. The van der Waals surface area contributed by atoms with Gasteiger partial charge in [0.15, 0.2) is 18.0 Å². The van der Waals surface area contributed by atoms with Crippen molar-refractivity contribution >= 4 is 34.2 Å². The molecule has 154 valence electrons. The molecule has 0 bridgehead atoms. The van der Waals surface area contributed by atoms with Crippen LogP contribution in [0, 0.1) is 10.1 Å². The monoisotopic (exact) mass is 412 g/mol. The van der Waals surface area contributed by atoms with Crippen molar-refractivity contribution in [2.45, 2.75) is 6.54 Å². The first-order valence-corrected chi connectivity index (χ1v) is 8.60. The Labute approximate surface area is 169 Å². The highest BCUT2D eigenvalue weighted by molar-refractivity contribution is 5.96. The average molecular weight is 412 g/mol. The van der Waals surface area contributed by atoms with Gasteiger partial charge in [-0.1, -0.05) is 30.3 Å². The normalized spacial score (nSPS) is 11.0. The van der Waals surface area contributed by atoms with Gasteiger partial charge in [-0.3, -0.25) is 24.3 Å². The van der Waals surface area contributed by atoms with E-state index in [0.717, 1.165) is 0 Å². The third kappa shape index (κ3) is 4.24. The lowest BCUT2D eigenvalue weighted by Crippen LogP contribution is -2.10. The minimum absolute atomic E-state index is 0.00598. The summed E-state index contributed by atoms with van der Waals surface area (Å²) in [5.41, 5.74) is 0.206.